The molecule has 2 amide bonds. The second-order valence-corrected chi connectivity index (χ2v) is 5.84. The van der Waals surface area contributed by atoms with Gasteiger partial charge in [0.2, 0.25) is 11.8 Å². The molecule has 106 valence electrons. The van der Waals surface area contributed by atoms with E-state index in [1.807, 2.05) is 0 Å². The Bertz CT molecular complexity index is 570. The summed E-state index contributed by atoms with van der Waals surface area (Å²) in [6.07, 6.45) is 1.83. The molecule has 2 heterocycles. The van der Waals surface area contributed by atoms with Crippen LogP contribution in [0.3, 0.4) is 0 Å². The van der Waals surface area contributed by atoms with Crippen LogP contribution in [0.5, 0.6) is 0 Å². The van der Waals surface area contributed by atoms with Crippen LogP contribution < -0.4 is 4.90 Å². The number of hydrogen-bond acceptors (Lipinski definition) is 3. The van der Waals surface area contributed by atoms with Gasteiger partial charge in [-0.05, 0) is 31.0 Å². The minimum absolute atomic E-state index is 0.140. The van der Waals surface area contributed by atoms with Gasteiger partial charge in [0.1, 0.15) is 0 Å². The first kappa shape index (κ1) is 13.9. The third-order valence-corrected chi connectivity index (χ3v) is 4.50. The molecule has 0 spiro atoms. The molecule has 0 saturated carbocycles. The normalized spacial score (nSPS) is 26.6. The summed E-state index contributed by atoms with van der Waals surface area (Å²) in [5, 5.41) is 0.718. The fraction of sp³-hybridized carbons (Fsp3) is 0.429. The Balaban J connectivity index is 1.87. The van der Waals surface area contributed by atoms with Crippen LogP contribution in [0, 0.1) is 5.92 Å². The highest BCUT2D eigenvalue weighted by atomic mass is 35.5. The Morgan fingerprint density at radius 2 is 2.00 bits per heavy atom. The van der Waals surface area contributed by atoms with Crippen LogP contribution in [0.1, 0.15) is 19.3 Å². The van der Waals surface area contributed by atoms with Crippen molar-refractivity contribution >= 4 is 40.7 Å². The number of carbonyl (C=O) groups is 2. The number of amides is 2. The largest absolute Gasteiger partial charge is 0.377 e. The van der Waals surface area contributed by atoms with Gasteiger partial charge in [0.05, 0.1) is 27.8 Å². The third-order valence-electron chi connectivity index (χ3n) is 3.76. The van der Waals surface area contributed by atoms with Crippen LogP contribution >= 0.6 is 23.2 Å². The zero-order valence-electron chi connectivity index (χ0n) is 10.6. The summed E-state index contributed by atoms with van der Waals surface area (Å²) in [7, 11) is 0. The smallest absolute Gasteiger partial charge is 0.240 e. The van der Waals surface area contributed by atoms with E-state index < -0.39 is 0 Å². The summed E-state index contributed by atoms with van der Waals surface area (Å²) in [6.45, 7) is 0.662. The molecule has 20 heavy (non-hydrogen) atoms. The predicted octanol–water partition coefficient (Wildman–Crippen LogP) is 3.05. The second-order valence-electron chi connectivity index (χ2n) is 5.03. The van der Waals surface area contributed by atoms with Gasteiger partial charge < -0.3 is 4.74 Å². The average Bonchev–Trinajstić information content (AvgIpc) is 3.02. The van der Waals surface area contributed by atoms with Crippen LogP contribution in [-0.4, -0.2) is 24.5 Å². The maximum Gasteiger partial charge on any atom is 0.240 e. The summed E-state index contributed by atoms with van der Waals surface area (Å²) >= 11 is 11.8. The van der Waals surface area contributed by atoms with E-state index in [-0.39, 0.29) is 30.3 Å². The monoisotopic (exact) mass is 313 g/mol. The minimum Gasteiger partial charge on any atom is -0.377 e. The Hall–Kier alpha value is -1.10. The Labute approximate surface area is 126 Å². The fourth-order valence-electron chi connectivity index (χ4n) is 2.76. The summed E-state index contributed by atoms with van der Waals surface area (Å²) in [5.74, 6) is -0.798. The third kappa shape index (κ3) is 2.32. The van der Waals surface area contributed by atoms with E-state index >= 15 is 0 Å². The van der Waals surface area contributed by atoms with Crippen LogP contribution in [0.4, 0.5) is 5.69 Å². The van der Waals surface area contributed by atoms with Crippen molar-refractivity contribution in [3.8, 4) is 0 Å². The lowest BCUT2D eigenvalue weighted by molar-refractivity contribution is -0.124. The molecule has 2 aliphatic heterocycles. The van der Waals surface area contributed by atoms with Crippen LogP contribution in [-0.2, 0) is 14.3 Å². The number of nitrogens with zero attached hydrogens (tertiary/aromatic N) is 1. The lowest BCUT2D eigenvalue weighted by atomic mass is 9.98. The number of benzene rings is 1. The van der Waals surface area contributed by atoms with Gasteiger partial charge in [-0.2, -0.15) is 0 Å². The number of halogens is 2. The summed E-state index contributed by atoms with van der Waals surface area (Å²) in [4.78, 5) is 25.8. The van der Waals surface area contributed by atoms with Crippen molar-refractivity contribution < 1.29 is 14.3 Å². The van der Waals surface area contributed by atoms with E-state index in [0.717, 1.165) is 12.8 Å². The van der Waals surface area contributed by atoms with Gasteiger partial charge in [-0.15, -0.1) is 0 Å². The van der Waals surface area contributed by atoms with Crippen molar-refractivity contribution in [2.24, 2.45) is 5.92 Å². The van der Waals surface area contributed by atoms with Gasteiger partial charge in [-0.3, -0.25) is 14.5 Å². The topological polar surface area (TPSA) is 46.6 Å². The molecule has 3 rings (SSSR count). The maximum absolute atomic E-state index is 12.4. The fourth-order valence-corrected chi connectivity index (χ4v) is 3.05. The van der Waals surface area contributed by atoms with E-state index in [2.05, 4.69) is 0 Å². The Kier molecular flexibility index (Phi) is 3.71. The lowest BCUT2D eigenvalue weighted by Gasteiger charge is -2.18. The lowest BCUT2D eigenvalue weighted by Crippen LogP contribution is -2.33. The SMILES string of the molecule is O=C1C[C@H]([C@H]2CCCO2)C(=O)N1c1ccc(Cl)c(Cl)c1. The number of ether oxygens (including phenoxy) is 1. The molecule has 0 radical (unpaired) electrons. The molecule has 2 fully saturated rings. The van der Waals surface area contributed by atoms with Gasteiger partial charge in [0.25, 0.3) is 0 Å². The summed E-state index contributed by atoms with van der Waals surface area (Å²) in [6, 6.07) is 4.75. The Morgan fingerprint density at radius 1 is 1.20 bits per heavy atom. The van der Waals surface area contributed by atoms with Crippen molar-refractivity contribution in [3.63, 3.8) is 0 Å². The molecular weight excluding hydrogens is 301 g/mol. The molecule has 2 saturated heterocycles. The zero-order valence-corrected chi connectivity index (χ0v) is 12.2. The number of anilines is 1. The van der Waals surface area contributed by atoms with Crippen molar-refractivity contribution in [2.45, 2.75) is 25.4 Å². The van der Waals surface area contributed by atoms with E-state index in [1.54, 1.807) is 12.1 Å². The first-order valence-corrected chi connectivity index (χ1v) is 7.27. The van der Waals surface area contributed by atoms with Crippen molar-refractivity contribution in [1.29, 1.82) is 0 Å². The molecule has 1 aromatic rings. The molecule has 6 heteroatoms. The molecule has 4 nitrogen and oxygen atoms in total. The molecule has 0 aliphatic carbocycles. The average molecular weight is 314 g/mol. The number of hydrogen-bond donors (Lipinski definition) is 0. The van der Waals surface area contributed by atoms with Crippen LogP contribution in [0.15, 0.2) is 18.2 Å². The zero-order chi connectivity index (χ0) is 14.3. The number of rotatable bonds is 2. The maximum atomic E-state index is 12.4. The molecule has 2 atom stereocenters. The molecule has 0 unspecified atom stereocenters. The molecular formula is C14H13Cl2NO3. The molecule has 0 bridgehead atoms. The molecule has 0 aromatic heterocycles. The Morgan fingerprint density at radius 3 is 2.65 bits per heavy atom. The highest BCUT2D eigenvalue weighted by Crippen LogP contribution is 2.35. The van der Waals surface area contributed by atoms with Gasteiger partial charge >= 0.3 is 0 Å². The van der Waals surface area contributed by atoms with Crippen LogP contribution in [0.2, 0.25) is 10.0 Å². The van der Waals surface area contributed by atoms with Crippen molar-refractivity contribution in [2.75, 3.05) is 11.5 Å². The van der Waals surface area contributed by atoms with Crippen LogP contribution in [0.25, 0.3) is 0 Å². The van der Waals surface area contributed by atoms with E-state index in [9.17, 15) is 9.59 Å². The van der Waals surface area contributed by atoms with Gasteiger partial charge in [0, 0.05) is 13.0 Å². The number of carbonyl (C=O) groups excluding carboxylic acids is 2. The van der Waals surface area contributed by atoms with E-state index in [0.29, 0.717) is 22.3 Å². The highest BCUT2D eigenvalue weighted by molar-refractivity contribution is 6.42. The van der Waals surface area contributed by atoms with Gasteiger partial charge in [0.15, 0.2) is 0 Å². The van der Waals surface area contributed by atoms with Gasteiger partial charge in [-0.25, -0.2) is 0 Å². The van der Waals surface area contributed by atoms with Crippen molar-refractivity contribution in [3.05, 3.63) is 28.2 Å². The predicted molar refractivity (Wildman–Crippen MR) is 76.0 cm³/mol. The number of imide groups is 1. The van der Waals surface area contributed by atoms with Crippen molar-refractivity contribution in [1.82, 2.24) is 0 Å². The van der Waals surface area contributed by atoms with E-state index in [1.165, 1.54) is 11.0 Å². The molecule has 1 aromatic carbocycles. The molecule has 2 aliphatic rings. The first-order chi connectivity index (χ1) is 9.58. The minimum atomic E-state index is -0.376. The van der Waals surface area contributed by atoms with Gasteiger partial charge in [-0.1, -0.05) is 23.2 Å². The standard InChI is InChI=1S/C14H13Cl2NO3/c15-10-4-3-8(6-11(10)16)17-13(18)7-9(14(17)19)12-2-1-5-20-12/h3-4,6,9,12H,1-2,5,7H2/t9-,12-/m1/s1. The van der Waals surface area contributed by atoms with E-state index in [4.69, 9.17) is 27.9 Å². The summed E-state index contributed by atoms with van der Waals surface area (Å²) < 4.78 is 5.54. The highest BCUT2D eigenvalue weighted by Gasteiger charge is 2.45. The molecule has 0 N–H and O–H groups in total. The summed E-state index contributed by atoms with van der Waals surface area (Å²) in [5.41, 5.74) is 0.467. The first-order valence-electron chi connectivity index (χ1n) is 6.51. The quantitative estimate of drug-likeness (QED) is 0.788. The second kappa shape index (κ2) is 5.35.